The summed E-state index contributed by atoms with van der Waals surface area (Å²) >= 11 is 0. The second-order valence-electron chi connectivity index (χ2n) is 5.86. The van der Waals surface area contributed by atoms with E-state index in [-0.39, 0.29) is 6.04 Å². The standard InChI is InChI=1S/C16H25NO2/c1-6-17(7-2)15-14(18)12-10-11(3)8-9-13(12)19-16(15,4)5/h8-10,14-15,18H,6-7H2,1-5H3. The van der Waals surface area contributed by atoms with E-state index in [1.54, 1.807) is 0 Å². The number of hydrogen-bond acceptors (Lipinski definition) is 3. The summed E-state index contributed by atoms with van der Waals surface area (Å²) in [6.07, 6.45) is -0.501. The summed E-state index contributed by atoms with van der Waals surface area (Å²) in [6.45, 7) is 12.2. The van der Waals surface area contributed by atoms with E-state index in [4.69, 9.17) is 4.74 Å². The second kappa shape index (κ2) is 5.14. The Balaban J connectivity index is 2.46. The molecular weight excluding hydrogens is 238 g/mol. The smallest absolute Gasteiger partial charge is 0.126 e. The molecule has 19 heavy (non-hydrogen) atoms. The average Bonchev–Trinajstić information content (AvgIpc) is 2.35. The van der Waals surface area contributed by atoms with Gasteiger partial charge in [-0.15, -0.1) is 0 Å². The molecule has 0 aromatic heterocycles. The molecule has 3 heteroatoms. The van der Waals surface area contributed by atoms with Gasteiger partial charge in [0.05, 0.1) is 6.04 Å². The van der Waals surface area contributed by atoms with Crippen molar-refractivity contribution in [1.82, 2.24) is 4.90 Å². The highest BCUT2D eigenvalue weighted by atomic mass is 16.5. The quantitative estimate of drug-likeness (QED) is 0.910. The fourth-order valence-electron chi connectivity index (χ4n) is 3.14. The Morgan fingerprint density at radius 3 is 2.47 bits per heavy atom. The molecule has 1 aliphatic rings. The Bertz CT molecular complexity index is 452. The number of benzene rings is 1. The van der Waals surface area contributed by atoms with E-state index in [0.717, 1.165) is 30.0 Å². The van der Waals surface area contributed by atoms with Crippen LogP contribution in [0.25, 0.3) is 0 Å². The molecule has 1 heterocycles. The lowest BCUT2D eigenvalue weighted by Crippen LogP contribution is -2.57. The number of fused-ring (bicyclic) bond motifs is 1. The molecular formula is C16H25NO2. The number of aliphatic hydroxyl groups is 1. The molecule has 0 aliphatic carbocycles. The zero-order valence-electron chi connectivity index (χ0n) is 12.6. The zero-order chi connectivity index (χ0) is 14.2. The fourth-order valence-corrected chi connectivity index (χ4v) is 3.14. The van der Waals surface area contributed by atoms with Crippen LogP contribution in [0, 0.1) is 6.92 Å². The van der Waals surface area contributed by atoms with Crippen LogP contribution in [0.4, 0.5) is 0 Å². The molecule has 2 rings (SSSR count). The van der Waals surface area contributed by atoms with Crippen LogP contribution < -0.4 is 4.74 Å². The van der Waals surface area contributed by atoms with Crippen molar-refractivity contribution in [2.75, 3.05) is 13.1 Å². The maximum absolute atomic E-state index is 10.8. The highest BCUT2D eigenvalue weighted by Crippen LogP contribution is 2.42. The van der Waals surface area contributed by atoms with Gasteiger partial charge in [-0.3, -0.25) is 4.90 Å². The molecule has 1 N–H and O–H groups in total. The van der Waals surface area contributed by atoms with Crippen molar-refractivity contribution in [3.63, 3.8) is 0 Å². The van der Waals surface area contributed by atoms with Crippen LogP contribution in [0.2, 0.25) is 0 Å². The van der Waals surface area contributed by atoms with Crippen LogP contribution in [-0.2, 0) is 0 Å². The Morgan fingerprint density at radius 2 is 1.89 bits per heavy atom. The predicted octanol–water partition coefficient (Wildman–Crippen LogP) is 2.91. The lowest BCUT2D eigenvalue weighted by Gasteiger charge is -2.47. The highest BCUT2D eigenvalue weighted by Gasteiger charge is 2.45. The van der Waals surface area contributed by atoms with Gasteiger partial charge in [-0.2, -0.15) is 0 Å². The normalized spacial score (nSPS) is 25.0. The van der Waals surface area contributed by atoms with E-state index >= 15 is 0 Å². The highest BCUT2D eigenvalue weighted by molar-refractivity contribution is 5.42. The second-order valence-corrected chi connectivity index (χ2v) is 5.86. The monoisotopic (exact) mass is 263 g/mol. The topological polar surface area (TPSA) is 32.7 Å². The first kappa shape index (κ1) is 14.4. The zero-order valence-corrected chi connectivity index (χ0v) is 12.6. The van der Waals surface area contributed by atoms with E-state index in [1.165, 1.54) is 0 Å². The summed E-state index contributed by atoms with van der Waals surface area (Å²) in [7, 11) is 0. The number of hydrogen-bond donors (Lipinski definition) is 1. The SMILES string of the molecule is CCN(CC)C1C(O)c2cc(C)ccc2OC1(C)C. The van der Waals surface area contributed by atoms with Crippen molar-refractivity contribution in [2.45, 2.75) is 52.4 Å². The van der Waals surface area contributed by atoms with Crippen LogP contribution in [0.15, 0.2) is 18.2 Å². The molecule has 1 aromatic rings. The van der Waals surface area contributed by atoms with Gasteiger partial charge in [0.15, 0.2) is 0 Å². The third kappa shape index (κ3) is 2.49. The Kier molecular flexibility index (Phi) is 3.88. The van der Waals surface area contributed by atoms with Gasteiger partial charge < -0.3 is 9.84 Å². The Morgan fingerprint density at radius 1 is 1.26 bits per heavy atom. The number of likely N-dealkylation sites (N-methyl/N-ethyl adjacent to an activating group) is 1. The van der Waals surface area contributed by atoms with E-state index < -0.39 is 11.7 Å². The molecule has 3 nitrogen and oxygen atoms in total. The lowest BCUT2D eigenvalue weighted by molar-refractivity contribution is -0.0799. The van der Waals surface area contributed by atoms with Gasteiger partial charge in [0.1, 0.15) is 17.5 Å². The van der Waals surface area contributed by atoms with Gasteiger partial charge >= 0.3 is 0 Å². The third-order valence-corrected chi connectivity index (χ3v) is 4.07. The first-order valence-electron chi connectivity index (χ1n) is 7.12. The number of aliphatic hydroxyl groups excluding tert-OH is 1. The van der Waals surface area contributed by atoms with Crippen LogP contribution in [0.5, 0.6) is 5.75 Å². The number of nitrogens with zero attached hydrogens (tertiary/aromatic N) is 1. The number of ether oxygens (including phenoxy) is 1. The first-order chi connectivity index (χ1) is 8.90. The van der Waals surface area contributed by atoms with Gasteiger partial charge in [-0.1, -0.05) is 25.5 Å². The maximum Gasteiger partial charge on any atom is 0.126 e. The summed E-state index contributed by atoms with van der Waals surface area (Å²) in [5, 5.41) is 10.8. The molecule has 0 bridgehead atoms. The molecule has 1 aromatic carbocycles. The minimum Gasteiger partial charge on any atom is -0.486 e. The van der Waals surface area contributed by atoms with Crippen molar-refractivity contribution in [1.29, 1.82) is 0 Å². The molecule has 0 amide bonds. The van der Waals surface area contributed by atoms with Crippen molar-refractivity contribution in [2.24, 2.45) is 0 Å². The first-order valence-corrected chi connectivity index (χ1v) is 7.12. The van der Waals surface area contributed by atoms with Gasteiger partial charge in [0.2, 0.25) is 0 Å². The molecule has 1 aliphatic heterocycles. The van der Waals surface area contributed by atoms with E-state index in [1.807, 2.05) is 25.1 Å². The minimum atomic E-state index is -0.501. The summed E-state index contributed by atoms with van der Waals surface area (Å²) in [5.41, 5.74) is 1.67. The van der Waals surface area contributed by atoms with Gasteiger partial charge in [-0.05, 0) is 46.0 Å². The van der Waals surface area contributed by atoms with Crippen molar-refractivity contribution >= 4 is 0 Å². The Hall–Kier alpha value is -1.06. The average molecular weight is 263 g/mol. The van der Waals surface area contributed by atoms with Gasteiger partial charge in [-0.25, -0.2) is 0 Å². The van der Waals surface area contributed by atoms with E-state index in [2.05, 4.69) is 32.6 Å². The molecule has 106 valence electrons. The molecule has 2 atom stereocenters. The summed E-state index contributed by atoms with van der Waals surface area (Å²) in [5.74, 6) is 0.812. The van der Waals surface area contributed by atoms with Gasteiger partial charge in [0.25, 0.3) is 0 Å². The lowest BCUT2D eigenvalue weighted by atomic mass is 9.84. The van der Waals surface area contributed by atoms with Gasteiger partial charge in [0, 0.05) is 5.56 Å². The largest absolute Gasteiger partial charge is 0.486 e. The summed E-state index contributed by atoms with van der Waals surface area (Å²) in [6, 6.07) is 6.01. The molecule has 0 spiro atoms. The molecule has 0 saturated heterocycles. The van der Waals surface area contributed by atoms with Crippen molar-refractivity contribution in [3.05, 3.63) is 29.3 Å². The number of aryl methyl sites for hydroxylation is 1. The third-order valence-electron chi connectivity index (χ3n) is 4.07. The Labute approximate surface area is 116 Å². The van der Waals surface area contributed by atoms with Crippen molar-refractivity contribution in [3.8, 4) is 5.75 Å². The van der Waals surface area contributed by atoms with Crippen molar-refractivity contribution < 1.29 is 9.84 Å². The van der Waals surface area contributed by atoms with Crippen LogP contribution in [0.3, 0.4) is 0 Å². The van der Waals surface area contributed by atoms with E-state index in [0.29, 0.717) is 0 Å². The summed E-state index contributed by atoms with van der Waals surface area (Å²) < 4.78 is 6.14. The van der Waals surface area contributed by atoms with Crippen LogP contribution >= 0.6 is 0 Å². The molecule has 0 saturated carbocycles. The van der Waals surface area contributed by atoms with E-state index in [9.17, 15) is 5.11 Å². The summed E-state index contributed by atoms with van der Waals surface area (Å²) in [4.78, 5) is 2.27. The minimum absolute atomic E-state index is 0.0169. The fraction of sp³-hybridized carbons (Fsp3) is 0.625. The van der Waals surface area contributed by atoms with Crippen LogP contribution in [0.1, 0.15) is 44.9 Å². The predicted molar refractivity (Wildman–Crippen MR) is 77.6 cm³/mol. The maximum atomic E-state index is 10.8. The number of rotatable bonds is 3. The molecule has 0 fully saturated rings. The molecule has 2 unspecified atom stereocenters. The molecule has 0 radical (unpaired) electrons. The van der Waals surface area contributed by atoms with Crippen LogP contribution in [-0.4, -0.2) is 34.7 Å².